The highest BCUT2D eigenvalue weighted by molar-refractivity contribution is 5.06. The third kappa shape index (κ3) is 4.88. The van der Waals surface area contributed by atoms with Crippen molar-refractivity contribution in [3.05, 3.63) is 11.8 Å². The van der Waals surface area contributed by atoms with Crippen LogP contribution in [-0.2, 0) is 0 Å². The van der Waals surface area contributed by atoms with Gasteiger partial charge in [-0.15, -0.1) is 0 Å². The van der Waals surface area contributed by atoms with Gasteiger partial charge < -0.3 is 5.32 Å². The number of allylic oxidation sites excluding steroid dienone is 2. The van der Waals surface area contributed by atoms with E-state index < -0.39 is 0 Å². The van der Waals surface area contributed by atoms with Gasteiger partial charge in [-0.05, 0) is 11.3 Å². The minimum atomic E-state index is 0.280. The van der Waals surface area contributed by atoms with Crippen molar-refractivity contribution in [1.29, 1.82) is 0 Å². The first-order valence-electron chi connectivity index (χ1n) is 4.27. The summed E-state index contributed by atoms with van der Waals surface area (Å²) in [6.45, 7) is 11.0. The molecule has 1 heteroatoms. The van der Waals surface area contributed by atoms with Gasteiger partial charge in [-0.2, -0.15) is 0 Å². The summed E-state index contributed by atoms with van der Waals surface area (Å²) in [5.41, 5.74) is 1.61. The maximum atomic E-state index is 3.22. The van der Waals surface area contributed by atoms with Crippen molar-refractivity contribution < 1.29 is 0 Å². The molecule has 0 aromatic heterocycles. The van der Waals surface area contributed by atoms with Crippen LogP contribution in [0, 0.1) is 11.3 Å². The zero-order valence-electron chi connectivity index (χ0n) is 8.65. The maximum absolute atomic E-state index is 3.22. The summed E-state index contributed by atoms with van der Waals surface area (Å²) in [5, 5.41) is 3.22. The second-order valence-corrected chi connectivity index (χ2v) is 4.37. The standard InChI is InChI=1S/C10H21N/c1-8(2)9(11-6)7-10(3,4)5/h7-8,11H,1-6H3/b9-7+. The molecular formula is C10H21N. The molecule has 0 aliphatic carbocycles. The fourth-order valence-electron chi connectivity index (χ4n) is 0.994. The van der Waals surface area contributed by atoms with Gasteiger partial charge in [0.2, 0.25) is 0 Å². The highest BCUT2D eigenvalue weighted by atomic mass is 14.8. The van der Waals surface area contributed by atoms with Crippen LogP contribution in [0.2, 0.25) is 0 Å². The number of rotatable bonds is 2. The van der Waals surface area contributed by atoms with Crippen molar-refractivity contribution in [2.45, 2.75) is 34.6 Å². The van der Waals surface area contributed by atoms with Crippen molar-refractivity contribution in [1.82, 2.24) is 5.32 Å². The average molecular weight is 155 g/mol. The molecule has 0 rings (SSSR count). The molecule has 0 saturated heterocycles. The van der Waals surface area contributed by atoms with Gasteiger partial charge in [0.25, 0.3) is 0 Å². The third-order valence-electron chi connectivity index (χ3n) is 1.50. The van der Waals surface area contributed by atoms with E-state index in [9.17, 15) is 0 Å². The lowest BCUT2D eigenvalue weighted by Gasteiger charge is -2.18. The van der Waals surface area contributed by atoms with E-state index in [0.717, 1.165) is 0 Å². The van der Waals surface area contributed by atoms with E-state index in [1.807, 2.05) is 7.05 Å². The lowest BCUT2D eigenvalue weighted by molar-refractivity contribution is 0.523. The van der Waals surface area contributed by atoms with E-state index in [1.54, 1.807) is 0 Å². The smallest absolute Gasteiger partial charge is 0.00948 e. The van der Waals surface area contributed by atoms with Gasteiger partial charge in [-0.1, -0.05) is 40.7 Å². The Morgan fingerprint density at radius 3 is 1.82 bits per heavy atom. The van der Waals surface area contributed by atoms with E-state index in [4.69, 9.17) is 0 Å². The zero-order valence-corrected chi connectivity index (χ0v) is 8.65. The molecule has 0 aromatic carbocycles. The lowest BCUT2D eigenvalue weighted by atomic mass is 9.93. The Bertz CT molecular complexity index is 137. The predicted molar refractivity (Wildman–Crippen MR) is 51.4 cm³/mol. The van der Waals surface area contributed by atoms with Crippen molar-refractivity contribution in [2.75, 3.05) is 7.05 Å². The second-order valence-electron chi connectivity index (χ2n) is 4.37. The monoisotopic (exact) mass is 155 g/mol. The highest BCUT2D eigenvalue weighted by Gasteiger charge is 2.09. The molecule has 0 saturated carbocycles. The summed E-state index contributed by atoms with van der Waals surface area (Å²) in [6, 6.07) is 0. The molecule has 11 heavy (non-hydrogen) atoms. The van der Waals surface area contributed by atoms with Crippen LogP contribution in [-0.4, -0.2) is 7.05 Å². The van der Waals surface area contributed by atoms with Crippen molar-refractivity contribution in [3.63, 3.8) is 0 Å². The van der Waals surface area contributed by atoms with E-state index in [-0.39, 0.29) is 5.41 Å². The van der Waals surface area contributed by atoms with Crippen LogP contribution in [0.15, 0.2) is 11.8 Å². The molecule has 0 fully saturated rings. The molecule has 0 bridgehead atoms. The molecule has 66 valence electrons. The molecule has 0 aromatic rings. The Morgan fingerprint density at radius 1 is 1.27 bits per heavy atom. The third-order valence-corrected chi connectivity index (χ3v) is 1.50. The second kappa shape index (κ2) is 3.80. The molecule has 0 aliphatic heterocycles. The normalized spacial score (nSPS) is 13.9. The van der Waals surface area contributed by atoms with Crippen molar-refractivity contribution >= 4 is 0 Å². The molecular weight excluding hydrogens is 134 g/mol. The van der Waals surface area contributed by atoms with Gasteiger partial charge >= 0.3 is 0 Å². The molecule has 0 heterocycles. The van der Waals surface area contributed by atoms with E-state index in [2.05, 4.69) is 46.0 Å². The molecule has 0 unspecified atom stereocenters. The first-order valence-corrected chi connectivity index (χ1v) is 4.27. The fraction of sp³-hybridized carbons (Fsp3) is 0.800. The van der Waals surface area contributed by atoms with Crippen molar-refractivity contribution in [3.8, 4) is 0 Å². The van der Waals surface area contributed by atoms with E-state index in [1.165, 1.54) is 5.70 Å². The zero-order chi connectivity index (χ0) is 9.07. The van der Waals surface area contributed by atoms with E-state index in [0.29, 0.717) is 5.92 Å². The topological polar surface area (TPSA) is 12.0 Å². The van der Waals surface area contributed by atoms with Crippen LogP contribution in [0.1, 0.15) is 34.6 Å². The lowest BCUT2D eigenvalue weighted by Crippen LogP contribution is -2.15. The van der Waals surface area contributed by atoms with Gasteiger partial charge in [0.05, 0.1) is 0 Å². The quantitative estimate of drug-likeness (QED) is 0.646. The van der Waals surface area contributed by atoms with Crippen LogP contribution in [0.25, 0.3) is 0 Å². The van der Waals surface area contributed by atoms with E-state index >= 15 is 0 Å². The number of nitrogens with one attached hydrogen (secondary N) is 1. The fourth-order valence-corrected chi connectivity index (χ4v) is 0.994. The summed E-state index contributed by atoms with van der Waals surface area (Å²) in [6.07, 6.45) is 2.29. The molecule has 0 spiro atoms. The molecule has 0 atom stereocenters. The number of hydrogen-bond acceptors (Lipinski definition) is 1. The van der Waals surface area contributed by atoms with Gasteiger partial charge in [-0.25, -0.2) is 0 Å². The van der Waals surface area contributed by atoms with Gasteiger partial charge in [-0.3, -0.25) is 0 Å². The molecule has 1 nitrogen and oxygen atoms in total. The summed E-state index contributed by atoms with van der Waals surface area (Å²) in [4.78, 5) is 0. The Labute approximate surface area is 70.9 Å². The average Bonchev–Trinajstić information content (AvgIpc) is 1.80. The first-order chi connectivity index (χ1) is 4.87. The Hall–Kier alpha value is -0.460. The summed E-state index contributed by atoms with van der Waals surface area (Å²) >= 11 is 0. The van der Waals surface area contributed by atoms with Gasteiger partial charge in [0, 0.05) is 12.7 Å². The summed E-state index contributed by atoms with van der Waals surface area (Å²) < 4.78 is 0. The molecule has 0 radical (unpaired) electrons. The molecule has 0 amide bonds. The number of hydrogen-bond donors (Lipinski definition) is 1. The van der Waals surface area contributed by atoms with Crippen LogP contribution >= 0.6 is 0 Å². The SMILES string of the molecule is CN/C(=C/C(C)(C)C)C(C)C. The Balaban J connectivity index is 4.36. The van der Waals surface area contributed by atoms with Crippen LogP contribution in [0.3, 0.4) is 0 Å². The van der Waals surface area contributed by atoms with Gasteiger partial charge in [0.1, 0.15) is 0 Å². The largest absolute Gasteiger partial charge is 0.391 e. The summed E-state index contributed by atoms with van der Waals surface area (Å²) in [7, 11) is 1.98. The Kier molecular flexibility index (Phi) is 3.64. The van der Waals surface area contributed by atoms with Gasteiger partial charge in [0.15, 0.2) is 0 Å². The first kappa shape index (κ1) is 10.5. The predicted octanol–water partition coefficient (Wildman–Crippen LogP) is 2.79. The minimum Gasteiger partial charge on any atom is -0.391 e. The Morgan fingerprint density at radius 2 is 1.73 bits per heavy atom. The van der Waals surface area contributed by atoms with Crippen LogP contribution in [0.4, 0.5) is 0 Å². The van der Waals surface area contributed by atoms with Crippen LogP contribution in [0.5, 0.6) is 0 Å². The minimum absolute atomic E-state index is 0.280. The maximum Gasteiger partial charge on any atom is 0.00948 e. The van der Waals surface area contributed by atoms with Crippen LogP contribution < -0.4 is 5.32 Å². The highest BCUT2D eigenvalue weighted by Crippen LogP contribution is 2.19. The summed E-state index contributed by atoms with van der Waals surface area (Å²) in [5.74, 6) is 0.597. The van der Waals surface area contributed by atoms with Crippen molar-refractivity contribution in [2.24, 2.45) is 11.3 Å². The molecule has 0 aliphatic rings. The molecule has 1 N–H and O–H groups in total.